The number of para-hydroxylation sites is 1. The van der Waals surface area contributed by atoms with Gasteiger partial charge in [-0.15, -0.1) is 0 Å². The van der Waals surface area contributed by atoms with Gasteiger partial charge in [-0.25, -0.2) is 4.79 Å². The topological polar surface area (TPSA) is 87.7 Å². The lowest BCUT2D eigenvalue weighted by molar-refractivity contribution is -0.153. The van der Waals surface area contributed by atoms with E-state index in [1.54, 1.807) is 39.0 Å². The van der Waals surface area contributed by atoms with Crippen molar-refractivity contribution < 1.29 is 19.1 Å². The number of carbonyl (C=O) groups is 3. The minimum atomic E-state index is -0.899. The summed E-state index contributed by atoms with van der Waals surface area (Å²) < 4.78 is 5.53. The van der Waals surface area contributed by atoms with Crippen molar-refractivity contribution >= 4 is 46.9 Å². The Bertz CT molecular complexity index is 1340. The third-order valence-electron chi connectivity index (χ3n) is 6.13. The van der Waals surface area contributed by atoms with Crippen LogP contribution in [0.3, 0.4) is 0 Å². The molecule has 0 bridgehead atoms. The minimum Gasteiger partial charge on any atom is -0.459 e. The monoisotopic (exact) mass is 529 g/mol. The summed E-state index contributed by atoms with van der Waals surface area (Å²) in [6.07, 6.45) is 0.318. The molecule has 1 heterocycles. The lowest BCUT2D eigenvalue weighted by Gasteiger charge is -2.27. The van der Waals surface area contributed by atoms with Gasteiger partial charge in [0.1, 0.15) is 18.2 Å². The molecule has 4 rings (SSSR count). The molecule has 0 aromatic heterocycles. The molecule has 0 spiro atoms. The van der Waals surface area contributed by atoms with Crippen molar-refractivity contribution in [1.82, 2.24) is 5.32 Å². The Morgan fingerprint density at radius 2 is 1.74 bits per heavy atom. The van der Waals surface area contributed by atoms with Crippen LogP contribution < -0.4 is 15.5 Å². The zero-order valence-corrected chi connectivity index (χ0v) is 22.5. The van der Waals surface area contributed by atoms with E-state index >= 15 is 0 Å². The number of carbonyl (C=O) groups excluding carboxylic acids is 3. The van der Waals surface area contributed by atoms with Gasteiger partial charge in [0, 0.05) is 22.7 Å². The summed E-state index contributed by atoms with van der Waals surface area (Å²) in [6, 6.07) is 23.1. The van der Waals surface area contributed by atoms with Gasteiger partial charge in [0.05, 0.1) is 0 Å². The van der Waals surface area contributed by atoms with E-state index in [-0.39, 0.29) is 18.4 Å². The summed E-state index contributed by atoms with van der Waals surface area (Å²) in [5.41, 5.74) is 3.16. The fourth-order valence-electron chi connectivity index (χ4n) is 4.60. The first-order valence-electron chi connectivity index (χ1n) is 12.4. The molecule has 1 aliphatic heterocycles. The zero-order valence-electron chi connectivity index (χ0n) is 21.6. The Kier molecular flexibility index (Phi) is 8.22. The number of esters is 1. The zero-order chi connectivity index (χ0) is 27.3. The van der Waals surface area contributed by atoms with Crippen LogP contribution in [-0.2, 0) is 14.3 Å². The Morgan fingerprint density at radius 1 is 1.03 bits per heavy atom. The number of benzene rings is 3. The van der Waals surface area contributed by atoms with Gasteiger partial charge < -0.3 is 15.4 Å². The highest BCUT2D eigenvalue weighted by molar-refractivity contribution is 7.79. The van der Waals surface area contributed by atoms with E-state index in [1.165, 1.54) is 10.3 Å². The van der Waals surface area contributed by atoms with Crippen LogP contribution >= 0.6 is 12.2 Å². The average molecular weight is 530 g/mol. The third-order valence-corrected chi connectivity index (χ3v) is 6.41. The number of rotatable bonds is 6. The molecule has 3 aromatic rings. The van der Waals surface area contributed by atoms with Crippen molar-refractivity contribution in [3.8, 4) is 0 Å². The number of nitrogens with zero attached hydrogens (tertiary/aromatic N) is 1. The van der Waals surface area contributed by atoms with Crippen LogP contribution in [0, 0.1) is 0 Å². The second-order valence-corrected chi connectivity index (χ2v) is 10.4. The van der Waals surface area contributed by atoms with Crippen molar-refractivity contribution in [1.29, 1.82) is 0 Å². The lowest BCUT2D eigenvalue weighted by atomic mass is 9.86. The second-order valence-electron chi connectivity index (χ2n) is 10.2. The van der Waals surface area contributed by atoms with E-state index in [9.17, 15) is 14.4 Å². The first kappa shape index (κ1) is 27.0. The fraction of sp³-hybridized carbons (Fsp3) is 0.267. The van der Waals surface area contributed by atoms with E-state index in [1.807, 2.05) is 60.7 Å². The average Bonchev–Trinajstić information content (AvgIpc) is 2.99. The van der Waals surface area contributed by atoms with Crippen molar-refractivity contribution in [2.75, 3.05) is 16.8 Å². The molecule has 7 nitrogen and oxygen atoms in total. The molecule has 0 fully saturated rings. The Hall–Kier alpha value is -4.04. The number of amides is 3. The van der Waals surface area contributed by atoms with Crippen LogP contribution in [0.25, 0.3) is 0 Å². The number of ether oxygens (including phenoxy) is 1. The number of hydrogen-bond acceptors (Lipinski definition) is 5. The molecule has 2 N–H and O–H groups in total. The lowest BCUT2D eigenvalue weighted by Crippen LogP contribution is -2.51. The van der Waals surface area contributed by atoms with E-state index in [0.717, 1.165) is 16.7 Å². The summed E-state index contributed by atoms with van der Waals surface area (Å²) in [7, 11) is 0. The number of hydrogen-bond donors (Lipinski definition) is 2. The third kappa shape index (κ3) is 6.63. The fourth-order valence-corrected chi connectivity index (χ4v) is 4.75. The predicted octanol–water partition coefficient (Wildman–Crippen LogP) is 5.44. The summed E-state index contributed by atoms with van der Waals surface area (Å²) >= 11 is 4.99. The smallest absolute Gasteiger partial charge is 0.326 e. The molecule has 1 aliphatic rings. The van der Waals surface area contributed by atoms with E-state index in [2.05, 4.69) is 10.6 Å². The number of anilines is 2. The van der Waals surface area contributed by atoms with Gasteiger partial charge in [0.15, 0.2) is 0 Å². The van der Waals surface area contributed by atoms with Crippen LogP contribution in [0.2, 0.25) is 0 Å². The molecule has 38 heavy (non-hydrogen) atoms. The SMILES string of the molecule is CC(C)(C)OC(=O)CN1C(=O)C(NC(=O)Nc2cccc(C=S)c2)CC(c2ccccc2)c2ccccc21. The molecule has 0 radical (unpaired) electrons. The molecular weight excluding hydrogens is 498 g/mol. The Balaban J connectivity index is 1.68. The largest absolute Gasteiger partial charge is 0.459 e. The van der Waals surface area contributed by atoms with Crippen molar-refractivity contribution in [3.63, 3.8) is 0 Å². The van der Waals surface area contributed by atoms with Gasteiger partial charge >= 0.3 is 12.0 Å². The molecular formula is C30H31N3O4S. The predicted molar refractivity (Wildman–Crippen MR) is 153 cm³/mol. The molecule has 0 aliphatic carbocycles. The molecule has 2 atom stereocenters. The highest BCUT2D eigenvalue weighted by Crippen LogP contribution is 2.39. The summed E-state index contributed by atoms with van der Waals surface area (Å²) in [4.78, 5) is 41.3. The maximum absolute atomic E-state index is 13.9. The van der Waals surface area contributed by atoms with Gasteiger partial charge in [-0.1, -0.05) is 72.9 Å². The maximum atomic E-state index is 13.9. The standard InChI is InChI=1S/C30H31N3O4S/c1-30(2,3)37-27(34)18-33-26-15-8-7-14-23(26)24(21-11-5-4-6-12-21)17-25(28(33)35)32-29(36)31-22-13-9-10-20(16-22)19-38/h4-16,19,24-25H,17-18H2,1-3H3,(H2,31,32,36). The number of thiocarbonyl (C=S) groups is 1. The summed E-state index contributed by atoms with van der Waals surface area (Å²) in [5.74, 6) is -1.10. The molecule has 196 valence electrons. The quantitative estimate of drug-likeness (QED) is 0.328. The van der Waals surface area contributed by atoms with E-state index in [0.29, 0.717) is 17.8 Å². The van der Waals surface area contributed by atoms with Gasteiger partial charge in [0.25, 0.3) is 0 Å². The van der Waals surface area contributed by atoms with Crippen LogP contribution in [0.5, 0.6) is 0 Å². The van der Waals surface area contributed by atoms with Crippen LogP contribution in [0.4, 0.5) is 16.2 Å². The molecule has 0 saturated heterocycles. The number of nitrogens with one attached hydrogen (secondary N) is 2. The summed E-state index contributed by atoms with van der Waals surface area (Å²) in [6.45, 7) is 5.07. The molecule has 0 saturated carbocycles. The normalized spacial score (nSPS) is 17.1. The molecule has 8 heteroatoms. The van der Waals surface area contributed by atoms with Gasteiger partial charge in [-0.05, 0) is 62.1 Å². The molecule has 3 amide bonds. The number of fused-ring (bicyclic) bond motifs is 1. The molecule has 3 aromatic carbocycles. The second kappa shape index (κ2) is 11.6. The first-order chi connectivity index (χ1) is 18.1. The Labute approximate surface area is 228 Å². The Morgan fingerprint density at radius 3 is 2.45 bits per heavy atom. The minimum absolute atomic E-state index is 0.191. The van der Waals surface area contributed by atoms with E-state index in [4.69, 9.17) is 17.0 Å². The first-order valence-corrected chi connectivity index (χ1v) is 12.9. The van der Waals surface area contributed by atoms with Gasteiger partial charge in [-0.2, -0.15) is 0 Å². The van der Waals surface area contributed by atoms with Crippen molar-refractivity contribution in [3.05, 3.63) is 95.6 Å². The highest BCUT2D eigenvalue weighted by Gasteiger charge is 2.38. The van der Waals surface area contributed by atoms with Crippen LogP contribution in [0.15, 0.2) is 78.9 Å². The van der Waals surface area contributed by atoms with Crippen molar-refractivity contribution in [2.24, 2.45) is 0 Å². The van der Waals surface area contributed by atoms with Gasteiger partial charge in [0.2, 0.25) is 5.91 Å². The maximum Gasteiger partial charge on any atom is 0.326 e. The van der Waals surface area contributed by atoms with Crippen molar-refractivity contribution in [2.45, 2.75) is 44.8 Å². The molecule has 2 unspecified atom stereocenters. The number of urea groups is 1. The van der Waals surface area contributed by atoms with E-state index < -0.39 is 23.6 Å². The van der Waals surface area contributed by atoms with Crippen LogP contribution in [0.1, 0.15) is 49.8 Å². The van der Waals surface area contributed by atoms with Gasteiger partial charge in [-0.3, -0.25) is 14.5 Å². The van der Waals surface area contributed by atoms with Crippen LogP contribution in [-0.4, -0.2) is 41.5 Å². The highest BCUT2D eigenvalue weighted by atomic mass is 32.1. The summed E-state index contributed by atoms with van der Waals surface area (Å²) in [5, 5.41) is 7.16.